The second-order valence-electron chi connectivity index (χ2n) is 5.91. The minimum atomic E-state index is 0.148. The number of piperidine rings is 1. The van der Waals surface area contributed by atoms with E-state index in [1.165, 1.54) is 17.7 Å². The van der Waals surface area contributed by atoms with Crippen LogP contribution in [0.2, 0.25) is 0 Å². The first-order chi connectivity index (χ1) is 10.8. The van der Waals surface area contributed by atoms with Crippen LogP contribution in [-0.4, -0.2) is 51.9 Å². The van der Waals surface area contributed by atoms with Crippen molar-refractivity contribution in [2.75, 3.05) is 26.8 Å². The maximum atomic E-state index is 5.18. The topological polar surface area (TPSA) is 56.1 Å². The predicted octanol–water partition coefficient (Wildman–Crippen LogP) is 2.20. The second-order valence-corrected chi connectivity index (χ2v) is 6.89. The molecule has 7 heteroatoms. The Morgan fingerprint density at radius 3 is 3.14 bits per heavy atom. The van der Waals surface area contributed by atoms with E-state index in [9.17, 15) is 0 Å². The molecule has 1 aliphatic heterocycles. The van der Waals surface area contributed by atoms with Gasteiger partial charge in [-0.25, -0.2) is 4.68 Å². The maximum absolute atomic E-state index is 5.18. The summed E-state index contributed by atoms with van der Waals surface area (Å²) in [5, 5.41) is 14.5. The molecule has 0 amide bonds. The van der Waals surface area contributed by atoms with E-state index in [1.807, 2.05) is 4.68 Å². The van der Waals surface area contributed by atoms with Crippen LogP contribution in [0.5, 0.6) is 0 Å². The van der Waals surface area contributed by atoms with E-state index in [0.717, 1.165) is 24.8 Å². The largest absolute Gasteiger partial charge is 0.383 e. The van der Waals surface area contributed by atoms with Gasteiger partial charge in [0.25, 0.3) is 0 Å². The van der Waals surface area contributed by atoms with Gasteiger partial charge in [0.15, 0.2) is 5.82 Å². The van der Waals surface area contributed by atoms with Crippen LogP contribution in [0.3, 0.4) is 0 Å². The molecule has 2 atom stereocenters. The fourth-order valence-corrected chi connectivity index (χ4v) is 3.98. The Kier molecular flexibility index (Phi) is 5.17. The number of tetrazole rings is 1. The molecule has 0 unspecified atom stereocenters. The summed E-state index contributed by atoms with van der Waals surface area (Å²) < 4.78 is 7.06. The van der Waals surface area contributed by atoms with Gasteiger partial charge in [-0.3, -0.25) is 4.90 Å². The zero-order chi connectivity index (χ0) is 15.4. The van der Waals surface area contributed by atoms with Crippen LogP contribution in [0.15, 0.2) is 17.5 Å². The van der Waals surface area contributed by atoms with E-state index in [-0.39, 0.29) is 6.04 Å². The van der Waals surface area contributed by atoms with Gasteiger partial charge in [-0.1, -0.05) is 13.0 Å². The number of ether oxygens (including phenoxy) is 1. The first-order valence-electron chi connectivity index (χ1n) is 7.82. The van der Waals surface area contributed by atoms with Crippen molar-refractivity contribution in [3.8, 4) is 0 Å². The number of hydrogen-bond acceptors (Lipinski definition) is 6. The quantitative estimate of drug-likeness (QED) is 0.816. The summed E-state index contributed by atoms with van der Waals surface area (Å²) in [6.45, 7) is 5.82. The molecule has 120 valence electrons. The predicted molar refractivity (Wildman–Crippen MR) is 85.8 cm³/mol. The van der Waals surface area contributed by atoms with Gasteiger partial charge in [0, 0.05) is 18.5 Å². The highest BCUT2D eigenvalue weighted by Gasteiger charge is 2.31. The number of aromatic nitrogens is 4. The van der Waals surface area contributed by atoms with Crippen molar-refractivity contribution in [3.63, 3.8) is 0 Å². The van der Waals surface area contributed by atoms with Crippen LogP contribution >= 0.6 is 11.3 Å². The Morgan fingerprint density at radius 2 is 2.41 bits per heavy atom. The molecule has 2 aromatic rings. The van der Waals surface area contributed by atoms with E-state index in [2.05, 4.69) is 44.9 Å². The molecule has 2 aromatic heterocycles. The van der Waals surface area contributed by atoms with Crippen molar-refractivity contribution in [1.82, 2.24) is 25.1 Å². The van der Waals surface area contributed by atoms with Gasteiger partial charge in [0.2, 0.25) is 0 Å². The van der Waals surface area contributed by atoms with Gasteiger partial charge in [0.1, 0.15) is 6.04 Å². The lowest BCUT2D eigenvalue weighted by Gasteiger charge is -2.36. The molecule has 0 saturated carbocycles. The number of methoxy groups -OCH3 is 1. The summed E-state index contributed by atoms with van der Waals surface area (Å²) >= 11 is 1.77. The maximum Gasteiger partial charge on any atom is 0.173 e. The molecule has 0 spiro atoms. The minimum Gasteiger partial charge on any atom is -0.383 e. The number of likely N-dealkylation sites (tertiary alicyclic amines) is 1. The van der Waals surface area contributed by atoms with Crippen LogP contribution in [-0.2, 0) is 11.3 Å². The lowest BCUT2D eigenvalue weighted by molar-refractivity contribution is 0.139. The lowest BCUT2D eigenvalue weighted by Crippen LogP contribution is -2.39. The standard InChI is InChI=1S/C15H23N5OS/c1-12-5-3-7-19(11-12)14(13-6-4-10-22-13)15-16-17-18-20(15)8-9-21-2/h4,6,10,12,14H,3,5,7-9,11H2,1-2H3/t12-,14+/m0/s1. The van der Waals surface area contributed by atoms with Crippen molar-refractivity contribution >= 4 is 11.3 Å². The summed E-state index contributed by atoms with van der Waals surface area (Å²) in [4.78, 5) is 3.83. The number of thiophene rings is 1. The first kappa shape index (κ1) is 15.6. The normalized spacial score (nSPS) is 21.1. The zero-order valence-electron chi connectivity index (χ0n) is 13.2. The van der Waals surface area contributed by atoms with Crippen molar-refractivity contribution in [3.05, 3.63) is 28.2 Å². The SMILES string of the molecule is COCCn1nnnc1[C@@H](c1cccs1)N1CCC[C@H](C)C1. The molecule has 0 aliphatic carbocycles. The van der Waals surface area contributed by atoms with Gasteiger partial charge >= 0.3 is 0 Å². The van der Waals surface area contributed by atoms with Gasteiger partial charge in [0.05, 0.1) is 13.2 Å². The van der Waals surface area contributed by atoms with Gasteiger partial charge < -0.3 is 4.74 Å². The van der Waals surface area contributed by atoms with Crippen LogP contribution in [0.1, 0.15) is 36.5 Å². The Labute approximate surface area is 135 Å². The monoisotopic (exact) mass is 321 g/mol. The lowest BCUT2D eigenvalue weighted by atomic mass is 9.98. The number of rotatable bonds is 6. The highest BCUT2D eigenvalue weighted by atomic mass is 32.1. The molecule has 1 aliphatic rings. The Morgan fingerprint density at radius 1 is 1.50 bits per heavy atom. The van der Waals surface area contributed by atoms with E-state index >= 15 is 0 Å². The fraction of sp³-hybridized carbons (Fsp3) is 0.667. The second kappa shape index (κ2) is 7.30. The summed E-state index contributed by atoms with van der Waals surface area (Å²) in [7, 11) is 1.70. The number of hydrogen-bond donors (Lipinski definition) is 0. The van der Waals surface area contributed by atoms with Gasteiger partial charge in [-0.2, -0.15) is 0 Å². The van der Waals surface area contributed by atoms with E-state index in [4.69, 9.17) is 4.74 Å². The summed E-state index contributed by atoms with van der Waals surface area (Å²) in [6.07, 6.45) is 2.55. The van der Waals surface area contributed by atoms with Gasteiger partial charge in [-0.05, 0) is 47.2 Å². The molecular formula is C15H23N5OS. The average Bonchev–Trinajstić information content (AvgIpc) is 3.18. The van der Waals surface area contributed by atoms with Crippen molar-refractivity contribution in [1.29, 1.82) is 0 Å². The molecule has 3 rings (SSSR count). The summed E-state index contributed by atoms with van der Waals surface area (Å²) in [5.74, 6) is 1.65. The molecule has 6 nitrogen and oxygen atoms in total. The highest BCUT2D eigenvalue weighted by molar-refractivity contribution is 7.10. The van der Waals surface area contributed by atoms with Crippen molar-refractivity contribution in [2.24, 2.45) is 5.92 Å². The molecule has 22 heavy (non-hydrogen) atoms. The van der Waals surface area contributed by atoms with Crippen molar-refractivity contribution < 1.29 is 4.74 Å². The van der Waals surface area contributed by atoms with Crippen LogP contribution in [0.25, 0.3) is 0 Å². The molecule has 0 radical (unpaired) electrons. The van der Waals surface area contributed by atoms with Crippen LogP contribution in [0, 0.1) is 5.92 Å². The molecule has 1 saturated heterocycles. The molecule has 1 fully saturated rings. The third kappa shape index (κ3) is 3.37. The average molecular weight is 321 g/mol. The minimum absolute atomic E-state index is 0.148. The van der Waals surface area contributed by atoms with E-state index in [1.54, 1.807) is 18.4 Å². The first-order valence-corrected chi connectivity index (χ1v) is 8.70. The molecule has 0 aromatic carbocycles. The zero-order valence-corrected chi connectivity index (χ0v) is 14.0. The smallest absolute Gasteiger partial charge is 0.173 e. The molecular weight excluding hydrogens is 298 g/mol. The highest BCUT2D eigenvalue weighted by Crippen LogP contribution is 2.33. The Bertz CT molecular complexity index is 570. The number of nitrogens with zero attached hydrogens (tertiary/aromatic N) is 5. The van der Waals surface area contributed by atoms with Crippen LogP contribution < -0.4 is 0 Å². The third-order valence-electron chi connectivity index (χ3n) is 4.18. The van der Waals surface area contributed by atoms with E-state index < -0.39 is 0 Å². The van der Waals surface area contributed by atoms with Crippen molar-refractivity contribution in [2.45, 2.75) is 32.4 Å². The summed E-state index contributed by atoms with van der Waals surface area (Å²) in [5.41, 5.74) is 0. The Hall–Kier alpha value is -1.31. The van der Waals surface area contributed by atoms with Gasteiger partial charge in [-0.15, -0.1) is 16.4 Å². The molecule has 3 heterocycles. The van der Waals surface area contributed by atoms with E-state index in [0.29, 0.717) is 13.2 Å². The molecule has 0 bridgehead atoms. The Balaban J connectivity index is 1.90. The summed E-state index contributed by atoms with van der Waals surface area (Å²) in [6, 6.07) is 4.43. The molecule has 0 N–H and O–H groups in total. The third-order valence-corrected chi connectivity index (χ3v) is 5.10. The fourth-order valence-electron chi connectivity index (χ4n) is 3.12. The van der Waals surface area contributed by atoms with Crippen LogP contribution in [0.4, 0.5) is 0 Å².